The molecule has 0 amide bonds. The van der Waals surface area contributed by atoms with E-state index in [9.17, 15) is 21.0 Å². The molecule has 0 spiro atoms. The van der Waals surface area contributed by atoms with Crippen molar-refractivity contribution in [1.29, 1.82) is 21.0 Å². The maximum Gasteiger partial charge on any atom is 0.254 e. The average molecular weight is 851 g/mol. The number of anilines is 2. The second kappa shape index (κ2) is 16.8. The molecule has 18 heteroatoms. The van der Waals surface area contributed by atoms with Gasteiger partial charge in [-0.3, -0.25) is 9.13 Å². The maximum atomic E-state index is 9.49. The van der Waals surface area contributed by atoms with E-state index >= 15 is 0 Å². The molecule has 0 unspecified atom stereocenters. The standard InChI is InChI=1S/2C23H23N9/c2*1-4-26-21-22-27-11-16(10-25)32(22)29-23(28-21)31-13-19(18-8-15(18)12-30(2)3)17-6-5-14(9-24)7-20(17)31/h2*5-7,11,13,15,18H,4,8,12H2,1-3H3,(H,26,28,29)/t2*15-,18+/m10/s1. The Hall–Kier alpha value is -7.90. The third-order valence-corrected chi connectivity index (χ3v) is 11.8. The molecule has 0 bridgehead atoms. The first-order valence-electron chi connectivity index (χ1n) is 21.3. The summed E-state index contributed by atoms with van der Waals surface area (Å²) in [7, 11) is 8.39. The Labute approximate surface area is 369 Å². The lowest BCUT2D eigenvalue weighted by Crippen LogP contribution is -2.15. The molecule has 0 saturated heterocycles. The monoisotopic (exact) mass is 850 g/mol. The molecule has 64 heavy (non-hydrogen) atoms. The van der Waals surface area contributed by atoms with Crippen molar-refractivity contribution in [2.75, 3.05) is 65.0 Å². The molecule has 2 fully saturated rings. The van der Waals surface area contributed by atoms with E-state index in [2.05, 4.69) is 105 Å². The van der Waals surface area contributed by atoms with Crippen LogP contribution in [0, 0.1) is 57.2 Å². The van der Waals surface area contributed by atoms with Crippen LogP contribution in [0.15, 0.2) is 61.2 Å². The largest absolute Gasteiger partial charge is 0.367 e. The van der Waals surface area contributed by atoms with E-state index < -0.39 is 0 Å². The molecule has 0 radical (unpaired) electrons. The van der Waals surface area contributed by atoms with Gasteiger partial charge in [0.2, 0.25) is 0 Å². The van der Waals surface area contributed by atoms with Crippen molar-refractivity contribution in [3.05, 3.63) is 94.8 Å². The highest BCUT2D eigenvalue weighted by molar-refractivity contribution is 5.88. The SMILES string of the molecule is CCNc1nc(-n2cc([C@@H]3C[C@H]3CN(C)C)c3ccc(C#N)cc32)nn2c(C#N)cnc12.CCNc1nc(-n2cc([C@H]3C[C@@H]3CN(C)C)c3ccc(C#N)cc32)nn2c(C#N)cnc12. The fraction of sp³-hybridized carbons (Fsp3) is 0.348. The van der Waals surface area contributed by atoms with Gasteiger partial charge < -0.3 is 20.4 Å². The lowest BCUT2D eigenvalue weighted by atomic mass is 10.1. The zero-order valence-electron chi connectivity index (χ0n) is 36.5. The van der Waals surface area contributed by atoms with Crippen molar-refractivity contribution in [2.24, 2.45) is 11.8 Å². The number of aromatic nitrogens is 10. The maximum absolute atomic E-state index is 9.49. The minimum absolute atomic E-state index is 0.338. The minimum Gasteiger partial charge on any atom is -0.367 e. The number of hydrogen-bond donors (Lipinski definition) is 2. The van der Waals surface area contributed by atoms with Gasteiger partial charge in [-0.25, -0.2) is 9.97 Å². The summed E-state index contributed by atoms with van der Waals surface area (Å²) in [6.07, 6.45) is 9.45. The highest BCUT2D eigenvalue weighted by Crippen LogP contribution is 2.51. The van der Waals surface area contributed by atoms with E-state index in [4.69, 9.17) is 9.97 Å². The Morgan fingerprint density at radius 2 is 1.05 bits per heavy atom. The van der Waals surface area contributed by atoms with Crippen LogP contribution in [0.1, 0.15) is 72.2 Å². The Bertz CT molecular complexity index is 3050. The van der Waals surface area contributed by atoms with E-state index in [0.717, 1.165) is 47.7 Å². The van der Waals surface area contributed by atoms with Crippen LogP contribution in [0.5, 0.6) is 0 Å². The number of imidazole rings is 2. The molecule has 2 N–H and O–H groups in total. The van der Waals surface area contributed by atoms with Crippen LogP contribution in [0.3, 0.4) is 0 Å². The number of rotatable bonds is 12. The van der Waals surface area contributed by atoms with Gasteiger partial charge in [-0.1, -0.05) is 12.1 Å². The lowest BCUT2D eigenvalue weighted by Gasteiger charge is -2.09. The van der Waals surface area contributed by atoms with Gasteiger partial charge in [0.1, 0.15) is 12.1 Å². The Kier molecular flexibility index (Phi) is 10.9. The first kappa shape index (κ1) is 41.5. The van der Waals surface area contributed by atoms with Crippen molar-refractivity contribution in [3.8, 4) is 36.2 Å². The predicted octanol–water partition coefficient (Wildman–Crippen LogP) is 5.82. The zero-order valence-corrected chi connectivity index (χ0v) is 36.5. The predicted molar refractivity (Wildman–Crippen MR) is 241 cm³/mol. The summed E-state index contributed by atoms with van der Waals surface area (Å²) in [6, 6.07) is 20.2. The molecule has 2 aromatic carbocycles. The van der Waals surface area contributed by atoms with Crippen LogP contribution in [-0.2, 0) is 0 Å². The lowest BCUT2D eigenvalue weighted by molar-refractivity contribution is 0.385. The molecule has 2 aliphatic carbocycles. The highest BCUT2D eigenvalue weighted by Gasteiger charge is 2.41. The third-order valence-electron chi connectivity index (χ3n) is 11.8. The molecule has 320 valence electrons. The van der Waals surface area contributed by atoms with Crippen LogP contribution in [-0.4, -0.2) is 112 Å². The summed E-state index contributed by atoms with van der Waals surface area (Å²) in [5.74, 6) is 4.14. The van der Waals surface area contributed by atoms with Gasteiger partial charge in [0, 0.05) is 49.3 Å². The van der Waals surface area contributed by atoms with Crippen molar-refractivity contribution in [2.45, 2.75) is 38.5 Å². The molecular formula is C46H46N18. The van der Waals surface area contributed by atoms with Crippen molar-refractivity contribution in [3.63, 3.8) is 0 Å². The first-order valence-corrected chi connectivity index (χ1v) is 21.3. The summed E-state index contributed by atoms with van der Waals surface area (Å²) in [6.45, 7) is 7.36. The minimum atomic E-state index is 0.338. The van der Waals surface area contributed by atoms with Gasteiger partial charge in [0.15, 0.2) is 34.3 Å². The second-order valence-electron chi connectivity index (χ2n) is 16.9. The van der Waals surface area contributed by atoms with Crippen LogP contribution in [0.4, 0.5) is 11.6 Å². The van der Waals surface area contributed by atoms with E-state index in [1.807, 2.05) is 59.4 Å². The van der Waals surface area contributed by atoms with Crippen molar-refractivity contribution < 1.29 is 0 Å². The van der Waals surface area contributed by atoms with E-state index in [1.165, 1.54) is 32.6 Å². The van der Waals surface area contributed by atoms with E-state index in [-0.39, 0.29) is 0 Å². The number of hydrogen-bond acceptors (Lipinski definition) is 14. The number of nitrogens with zero attached hydrogens (tertiary/aromatic N) is 16. The molecule has 2 saturated carbocycles. The first-order chi connectivity index (χ1) is 31.1. The molecular weight excluding hydrogens is 805 g/mol. The summed E-state index contributed by atoms with van der Waals surface area (Å²) in [4.78, 5) is 22.5. The second-order valence-corrected chi connectivity index (χ2v) is 16.9. The molecule has 0 aliphatic heterocycles. The number of nitrogens with one attached hydrogen (secondary N) is 2. The van der Waals surface area contributed by atoms with Crippen molar-refractivity contribution >= 4 is 44.7 Å². The highest BCUT2D eigenvalue weighted by atomic mass is 15.4. The summed E-state index contributed by atoms with van der Waals surface area (Å²) in [5.41, 5.74) is 7.12. The number of fused-ring (bicyclic) bond motifs is 4. The molecule has 18 nitrogen and oxygen atoms in total. The Morgan fingerprint density at radius 1 is 0.625 bits per heavy atom. The Morgan fingerprint density at radius 3 is 1.41 bits per heavy atom. The fourth-order valence-electron chi connectivity index (χ4n) is 8.84. The molecule has 6 aromatic heterocycles. The summed E-state index contributed by atoms with van der Waals surface area (Å²) >= 11 is 0. The normalized spacial score (nSPS) is 17.6. The molecule has 4 atom stereocenters. The van der Waals surface area contributed by atoms with Gasteiger partial charge in [-0.2, -0.15) is 40.0 Å². The van der Waals surface area contributed by atoms with Crippen molar-refractivity contribution in [1.82, 2.24) is 58.1 Å². The molecule has 6 heterocycles. The van der Waals surface area contributed by atoms with Gasteiger partial charge in [0.05, 0.1) is 46.7 Å². The van der Waals surface area contributed by atoms with Crippen LogP contribution in [0.2, 0.25) is 0 Å². The van der Waals surface area contributed by atoms with Crippen LogP contribution >= 0.6 is 0 Å². The zero-order chi connectivity index (χ0) is 44.8. The van der Waals surface area contributed by atoms with Crippen LogP contribution < -0.4 is 10.6 Å². The van der Waals surface area contributed by atoms with Gasteiger partial charge in [-0.05, 0) is 114 Å². The number of benzene rings is 2. The topological polar surface area (TPSA) is 222 Å². The van der Waals surface area contributed by atoms with Gasteiger partial charge in [0.25, 0.3) is 11.9 Å². The third kappa shape index (κ3) is 7.55. The molecule has 10 rings (SSSR count). The van der Waals surface area contributed by atoms with E-state index in [0.29, 0.717) is 94.1 Å². The smallest absolute Gasteiger partial charge is 0.254 e. The fourth-order valence-corrected chi connectivity index (χ4v) is 8.84. The van der Waals surface area contributed by atoms with Gasteiger partial charge in [-0.15, -0.1) is 10.2 Å². The number of nitriles is 4. The summed E-state index contributed by atoms with van der Waals surface area (Å²) in [5, 5.41) is 55.9. The Balaban J connectivity index is 0.000000162. The molecule has 8 aromatic rings. The van der Waals surface area contributed by atoms with Crippen LogP contribution in [0.25, 0.3) is 45.0 Å². The van der Waals surface area contributed by atoms with E-state index in [1.54, 1.807) is 0 Å². The molecule has 2 aliphatic rings. The van der Waals surface area contributed by atoms with Gasteiger partial charge >= 0.3 is 0 Å². The quantitative estimate of drug-likeness (QED) is 0.148. The summed E-state index contributed by atoms with van der Waals surface area (Å²) < 4.78 is 6.90. The average Bonchev–Trinajstić information content (AvgIpc) is 3.93.